The number of piperidine rings is 2. The molecule has 5 heteroatoms. The molecule has 3 fully saturated rings. The minimum atomic E-state index is -0.0716. The quantitative estimate of drug-likeness (QED) is 0.191. The molecular formula is C34H65N3O2. The summed E-state index contributed by atoms with van der Waals surface area (Å²) in [5.74, 6) is 0.0904. The number of nitrogens with zero attached hydrogens (tertiary/aromatic N) is 1. The topological polar surface area (TPSA) is 61.4 Å². The number of hydrogen-bond donors (Lipinski definition) is 2. The minimum Gasteiger partial charge on any atom is -0.307 e. The normalized spacial score (nSPS) is 25.9. The monoisotopic (exact) mass is 548 g/mol. The molecule has 2 N–H and O–H groups in total. The molecule has 3 aliphatic heterocycles. The molecule has 39 heavy (non-hydrogen) atoms. The van der Waals surface area contributed by atoms with Gasteiger partial charge in [0.2, 0.25) is 11.8 Å². The Balaban J connectivity index is 0.000000446. The third kappa shape index (κ3) is 12.2. The van der Waals surface area contributed by atoms with E-state index < -0.39 is 0 Å². The maximum atomic E-state index is 13.0. The Hall–Kier alpha value is -0.940. The van der Waals surface area contributed by atoms with Gasteiger partial charge >= 0.3 is 0 Å². The van der Waals surface area contributed by atoms with Gasteiger partial charge in [-0.3, -0.25) is 14.5 Å². The predicted molar refractivity (Wildman–Crippen MR) is 166 cm³/mol. The van der Waals surface area contributed by atoms with Gasteiger partial charge in [0.05, 0.1) is 0 Å². The van der Waals surface area contributed by atoms with Crippen LogP contribution < -0.4 is 10.6 Å². The zero-order valence-electron chi connectivity index (χ0n) is 27.4. The lowest BCUT2D eigenvalue weighted by molar-refractivity contribution is -0.144. The van der Waals surface area contributed by atoms with Crippen molar-refractivity contribution in [2.45, 2.75) is 200 Å². The molecule has 1 atom stereocenters. The Labute approximate surface area is 242 Å². The van der Waals surface area contributed by atoms with Crippen molar-refractivity contribution >= 4 is 11.8 Å². The van der Waals surface area contributed by atoms with E-state index in [9.17, 15) is 9.59 Å². The van der Waals surface area contributed by atoms with E-state index in [2.05, 4.69) is 72.9 Å². The zero-order valence-corrected chi connectivity index (χ0v) is 27.4. The van der Waals surface area contributed by atoms with Crippen LogP contribution in [0.3, 0.4) is 0 Å². The molecule has 0 aromatic carbocycles. The van der Waals surface area contributed by atoms with Crippen LogP contribution in [0.15, 0.2) is 0 Å². The summed E-state index contributed by atoms with van der Waals surface area (Å²) in [4.78, 5) is 27.3. The first-order valence-electron chi connectivity index (χ1n) is 16.5. The molecule has 3 heterocycles. The molecule has 0 radical (unpaired) electrons. The van der Waals surface area contributed by atoms with E-state index in [1.807, 2.05) is 0 Å². The van der Waals surface area contributed by atoms with Gasteiger partial charge in [0.1, 0.15) is 0 Å². The number of imide groups is 1. The second kappa shape index (κ2) is 14.8. The van der Waals surface area contributed by atoms with Gasteiger partial charge in [-0.2, -0.15) is 0 Å². The second-order valence-corrected chi connectivity index (χ2v) is 15.7. The van der Waals surface area contributed by atoms with Gasteiger partial charge in [0, 0.05) is 40.5 Å². The number of carbonyl (C=O) groups excluding carboxylic acids is 2. The van der Waals surface area contributed by atoms with Crippen LogP contribution in [0.2, 0.25) is 0 Å². The summed E-state index contributed by atoms with van der Waals surface area (Å²) in [6.45, 7) is 20.1. The Bertz CT molecular complexity index is 740. The summed E-state index contributed by atoms with van der Waals surface area (Å²) in [5, 5.41) is 7.28. The van der Waals surface area contributed by atoms with Crippen molar-refractivity contribution in [3.05, 3.63) is 0 Å². The van der Waals surface area contributed by atoms with Crippen molar-refractivity contribution in [3.8, 4) is 0 Å². The van der Waals surface area contributed by atoms with Crippen LogP contribution in [-0.4, -0.2) is 44.9 Å². The average Bonchev–Trinajstić information content (AvgIpc) is 3.04. The van der Waals surface area contributed by atoms with Crippen LogP contribution in [0.1, 0.15) is 171 Å². The van der Waals surface area contributed by atoms with Crippen LogP contribution in [0, 0.1) is 5.92 Å². The molecule has 0 spiro atoms. The first-order chi connectivity index (χ1) is 18.1. The maximum Gasteiger partial charge on any atom is 0.233 e. The van der Waals surface area contributed by atoms with E-state index in [0.717, 1.165) is 25.7 Å². The van der Waals surface area contributed by atoms with Crippen molar-refractivity contribution in [2.75, 3.05) is 0 Å². The molecule has 3 aliphatic rings. The smallest absolute Gasteiger partial charge is 0.233 e. The number of nitrogens with one attached hydrogen (secondary N) is 2. The third-order valence-electron chi connectivity index (χ3n) is 9.00. The summed E-state index contributed by atoms with van der Waals surface area (Å²) in [5.41, 5.74) is 0.618. The van der Waals surface area contributed by atoms with Crippen LogP contribution in [0.5, 0.6) is 0 Å². The summed E-state index contributed by atoms with van der Waals surface area (Å²) in [6.07, 6.45) is 20.0. The fourth-order valence-corrected chi connectivity index (χ4v) is 7.67. The maximum absolute atomic E-state index is 13.0. The van der Waals surface area contributed by atoms with Crippen molar-refractivity contribution in [1.82, 2.24) is 15.5 Å². The first-order valence-corrected chi connectivity index (χ1v) is 16.5. The molecule has 2 amide bonds. The Morgan fingerprint density at radius 1 is 0.667 bits per heavy atom. The molecule has 5 nitrogen and oxygen atoms in total. The summed E-state index contributed by atoms with van der Waals surface area (Å²) in [7, 11) is 0. The van der Waals surface area contributed by atoms with Crippen molar-refractivity contribution in [3.63, 3.8) is 0 Å². The molecular weight excluding hydrogens is 482 g/mol. The van der Waals surface area contributed by atoms with Crippen molar-refractivity contribution < 1.29 is 9.59 Å². The molecule has 3 rings (SSSR count). The van der Waals surface area contributed by atoms with Gasteiger partial charge in [0.15, 0.2) is 0 Å². The number of rotatable bonds is 12. The SMILES string of the molecule is CC1(C)CCCC(C)(C)N1.CCCCCCCCCCCCC1CC(=O)N(C2CC(C)(C)NC(C)(C)C2)C1=O. The van der Waals surface area contributed by atoms with Gasteiger partial charge in [-0.05, 0) is 93.9 Å². The van der Waals surface area contributed by atoms with Gasteiger partial charge < -0.3 is 10.6 Å². The second-order valence-electron chi connectivity index (χ2n) is 15.7. The summed E-state index contributed by atoms with van der Waals surface area (Å²) in [6, 6.07) is 0.0407. The van der Waals surface area contributed by atoms with Crippen LogP contribution in [0.4, 0.5) is 0 Å². The Kier molecular flexibility index (Phi) is 13.0. The van der Waals surface area contributed by atoms with Gasteiger partial charge in [-0.25, -0.2) is 0 Å². The predicted octanol–water partition coefficient (Wildman–Crippen LogP) is 8.30. The summed E-state index contributed by atoms with van der Waals surface area (Å²) >= 11 is 0. The first kappa shape index (κ1) is 34.3. The van der Waals surface area contributed by atoms with Crippen molar-refractivity contribution in [1.29, 1.82) is 0 Å². The zero-order chi connectivity index (χ0) is 29.3. The van der Waals surface area contributed by atoms with Crippen molar-refractivity contribution in [2.24, 2.45) is 5.92 Å². The summed E-state index contributed by atoms with van der Waals surface area (Å²) < 4.78 is 0. The molecule has 0 aromatic heterocycles. The lowest BCUT2D eigenvalue weighted by Crippen LogP contribution is -2.62. The van der Waals surface area contributed by atoms with E-state index in [1.54, 1.807) is 4.90 Å². The Morgan fingerprint density at radius 2 is 1.10 bits per heavy atom. The van der Waals surface area contributed by atoms with E-state index in [-0.39, 0.29) is 34.9 Å². The number of amides is 2. The molecule has 228 valence electrons. The van der Waals surface area contributed by atoms with E-state index in [4.69, 9.17) is 0 Å². The number of likely N-dealkylation sites (tertiary alicyclic amines) is 1. The van der Waals surface area contributed by atoms with Crippen LogP contribution >= 0.6 is 0 Å². The van der Waals surface area contributed by atoms with E-state index in [1.165, 1.54) is 77.0 Å². The fraction of sp³-hybridized carbons (Fsp3) is 0.941. The minimum absolute atomic E-state index is 0.0407. The fourth-order valence-electron chi connectivity index (χ4n) is 7.67. The van der Waals surface area contributed by atoms with E-state index in [0.29, 0.717) is 17.5 Å². The highest BCUT2D eigenvalue weighted by Crippen LogP contribution is 2.36. The lowest BCUT2D eigenvalue weighted by Gasteiger charge is -2.48. The highest BCUT2D eigenvalue weighted by Gasteiger charge is 2.47. The van der Waals surface area contributed by atoms with Gasteiger partial charge in [-0.1, -0.05) is 71.1 Å². The standard InChI is InChI=1S/C25H46N2O2.C9H19N/c1-6-7-8-9-10-11-12-13-14-15-16-20-17-22(28)27(23(20)29)21-18-24(2,3)26-25(4,5)19-21;1-8(2)6-5-7-9(3,4)10-8/h20-21,26H,6-19H2,1-5H3;10H,5-7H2,1-4H3. The molecule has 0 aromatic rings. The van der Waals surface area contributed by atoms with Crippen LogP contribution in [0.25, 0.3) is 0 Å². The highest BCUT2D eigenvalue weighted by atomic mass is 16.2. The largest absolute Gasteiger partial charge is 0.307 e. The molecule has 3 saturated heterocycles. The van der Waals surface area contributed by atoms with Gasteiger partial charge in [0.25, 0.3) is 0 Å². The molecule has 1 unspecified atom stereocenters. The number of carbonyl (C=O) groups is 2. The highest BCUT2D eigenvalue weighted by molar-refractivity contribution is 6.03. The molecule has 0 aliphatic carbocycles. The van der Waals surface area contributed by atoms with Gasteiger partial charge in [-0.15, -0.1) is 0 Å². The van der Waals surface area contributed by atoms with Crippen LogP contribution in [-0.2, 0) is 9.59 Å². The number of unbranched alkanes of at least 4 members (excludes halogenated alkanes) is 9. The third-order valence-corrected chi connectivity index (χ3v) is 9.00. The lowest BCUT2D eigenvalue weighted by atomic mass is 9.79. The average molecular weight is 548 g/mol. The van der Waals surface area contributed by atoms with E-state index >= 15 is 0 Å². The molecule has 0 bridgehead atoms. The Morgan fingerprint density at radius 3 is 1.54 bits per heavy atom. The number of hydrogen-bond acceptors (Lipinski definition) is 4. The molecule has 0 saturated carbocycles.